The molecule has 0 aliphatic carbocycles. The van der Waals surface area contributed by atoms with Crippen LogP contribution in [0.4, 0.5) is 4.39 Å². The second kappa shape index (κ2) is 9.58. The Balaban J connectivity index is 2.69. The van der Waals surface area contributed by atoms with Gasteiger partial charge in [0.25, 0.3) is 0 Å². The molecule has 1 aromatic rings. The summed E-state index contributed by atoms with van der Waals surface area (Å²) in [5, 5.41) is 3.19. The van der Waals surface area contributed by atoms with Crippen molar-refractivity contribution < 1.29 is 13.9 Å². The summed E-state index contributed by atoms with van der Waals surface area (Å²) in [4.78, 5) is 11.3. The fraction of sp³-hybridized carbons (Fsp3) is 0.438. The largest absolute Gasteiger partial charge is 0.486 e. The van der Waals surface area contributed by atoms with Crippen LogP contribution < -0.4 is 10.1 Å². The maximum atomic E-state index is 13.7. The lowest BCUT2D eigenvalue weighted by molar-refractivity contribution is -0.114. The standard InChI is InChI=1S/C16H22FNO2S/c1-4-14(19)7-5-13-6-8-15(17)16(9-13)20-12(2)10-18-11-21-3/h5-9,12,18H,4,10-11H2,1-3H3/b7-5+/t12-/m0/s1. The minimum absolute atomic E-state index is 0.0384. The molecule has 1 atom stereocenters. The van der Waals surface area contributed by atoms with E-state index in [1.807, 2.05) is 13.2 Å². The van der Waals surface area contributed by atoms with Crippen LogP contribution >= 0.6 is 11.8 Å². The van der Waals surface area contributed by atoms with E-state index >= 15 is 0 Å². The fourth-order valence-corrected chi connectivity index (χ4v) is 1.97. The Morgan fingerprint density at radius 3 is 2.95 bits per heavy atom. The molecule has 0 unspecified atom stereocenters. The van der Waals surface area contributed by atoms with Crippen molar-refractivity contribution in [3.63, 3.8) is 0 Å². The van der Waals surface area contributed by atoms with Gasteiger partial charge in [-0.05, 0) is 37.0 Å². The molecule has 0 aromatic heterocycles. The van der Waals surface area contributed by atoms with Gasteiger partial charge in [-0.2, -0.15) is 0 Å². The number of carbonyl (C=O) groups is 1. The highest BCUT2D eigenvalue weighted by Crippen LogP contribution is 2.21. The molecule has 0 fully saturated rings. The van der Waals surface area contributed by atoms with Gasteiger partial charge >= 0.3 is 0 Å². The summed E-state index contributed by atoms with van der Waals surface area (Å²) >= 11 is 1.69. The molecule has 0 bridgehead atoms. The van der Waals surface area contributed by atoms with Gasteiger partial charge in [0.15, 0.2) is 17.3 Å². The van der Waals surface area contributed by atoms with Crippen LogP contribution in [0.15, 0.2) is 24.3 Å². The van der Waals surface area contributed by atoms with Crippen LogP contribution in [-0.4, -0.2) is 30.6 Å². The summed E-state index contributed by atoms with van der Waals surface area (Å²) in [7, 11) is 0. The van der Waals surface area contributed by atoms with E-state index in [0.29, 0.717) is 13.0 Å². The number of benzene rings is 1. The minimum Gasteiger partial charge on any atom is -0.486 e. The number of carbonyl (C=O) groups excluding carboxylic acids is 1. The molecule has 1 rings (SSSR count). The molecular weight excluding hydrogens is 289 g/mol. The number of thioether (sulfide) groups is 1. The molecular formula is C16H22FNO2S. The van der Waals surface area contributed by atoms with E-state index < -0.39 is 5.82 Å². The van der Waals surface area contributed by atoms with Gasteiger partial charge in [0.1, 0.15) is 6.10 Å². The Hall–Kier alpha value is -1.33. The minimum atomic E-state index is -0.398. The monoisotopic (exact) mass is 311 g/mol. The van der Waals surface area contributed by atoms with Crippen LogP contribution in [0.1, 0.15) is 25.8 Å². The Bertz CT molecular complexity index is 491. The molecule has 1 N–H and O–H groups in total. The third kappa shape index (κ3) is 6.78. The smallest absolute Gasteiger partial charge is 0.165 e. The van der Waals surface area contributed by atoms with E-state index in [0.717, 1.165) is 11.4 Å². The van der Waals surface area contributed by atoms with E-state index in [2.05, 4.69) is 5.32 Å². The summed E-state index contributed by atoms with van der Waals surface area (Å²) in [5.74, 6) is 0.680. The van der Waals surface area contributed by atoms with Gasteiger partial charge in [-0.1, -0.05) is 19.1 Å². The van der Waals surface area contributed by atoms with Crippen molar-refractivity contribution in [1.29, 1.82) is 0 Å². The zero-order valence-electron chi connectivity index (χ0n) is 12.7. The van der Waals surface area contributed by atoms with E-state index in [4.69, 9.17) is 4.74 Å². The summed E-state index contributed by atoms with van der Waals surface area (Å²) in [6, 6.07) is 4.59. The molecule has 0 spiro atoms. The number of ketones is 1. The van der Waals surface area contributed by atoms with Gasteiger partial charge in [-0.15, -0.1) is 11.8 Å². The van der Waals surface area contributed by atoms with E-state index in [9.17, 15) is 9.18 Å². The summed E-state index contributed by atoms with van der Waals surface area (Å²) in [5.41, 5.74) is 0.748. The second-order valence-corrected chi connectivity index (χ2v) is 5.52. The molecule has 0 heterocycles. The fourth-order valence-electron chi connectivity index (χ4n) is 1.64. The highest BCUT2D eigenvalue weighted by Gasteiger charge is 2.09. The molecule has 0 aliphatic heterocycles. The average Bonchev–Trinajstić information content (AvgIpc) is 2.48. The molecule has 1 aromatic carbocycles. The Kier molecular flexibility index (Phi) is 8.08. The number of halogens is 1. The quantitative estimate of drug-likeness (QED) is 0.430. The number of hydrogen-bond acceptors (Lipinski definition) is 4. The Morgan fingerprint density at radius 2 is 2.29 bits per heavy atom. The van der Waals surface area contributed by atoms with Crippen molar-refractivity contribution in [2.24, 2.45) is 0 Å². The van der Waals surface area contributed by atoms with Crippen LogP contribution in [0.3, 0.4) is 0 Å². The van der Waals surface area contributed by atoms with Crippen molar-refractivity contribution in [3.05, 3.63) is 35.7 Å². The summed E-state index contributed by atoms with van der Waals surface area (Å²) in [6.07, 6.45) is 5.50. The summed E-state index contributed by atoms with van der Waals surface area (Å²) in [6.45, 7) is 4.33. The third-order valence-corrected chi connectivity index (χ3v) is 3.26. The predicted octanol–water partition coefficient (Wildman–Crippen LogP) is 3.50. The molecule has 3 nitrogen and oxygen atoms in total. The van der Waals surface area contributed by atoms with Crippen molar-refractivity contribution in [2.45, 2.75) is 26.4 Å². The van der Waals surface area contributed by atoms with Crippen molar-refractivity contribution in [2.75, 3.05) is 18.7 Å². The number of nitrogens with one attached hydrogen (secondary N) is 1. The van der Waals surface area contributed by atoms with Crippen molar-refractivity contribution in [1.82, 2.24) is 5.32 Å². The normalized spacial score (nSPS) is 12.6. The average molecular weight is 311 g/mol. The number of ether oxygens (including phenoxy) is 1. The van der Waals surface area contributed by atoms with Crippen molar-refractivity contribution in [3.8, 4) is 5.75 Å². The SMILES string of the molecule is CCC(=O)/C=C/c1ccc(F)c(O[C@@H](C)CNCSC)c1. The maximum Gasteiger partial charge on any atom is 0.165 e. The van der Waals surface area contributed by atoms with E-state index in [1.54, 1.807) is 36.9 Å². The summed E-state index contributed by atoms with van der Waals surface area (Å²) < 4.78 is 19.3. The van der Waals surface area contributed by atoms with E-state index in [1.165, 1.54) is 12.1 Å². The van der Waals surface area contributed by atoms with Crippen LogP contribution in [-0.2, 0) is 4.79 Å². The second-order valence-electron chi connectivity index (χ2n) is 4.66. The number of rotatable bonds is 9. The zero-order chi connectivity index (χ0) is 15.7. The molecule has 5 heteroatoms. The molecule has 0 radical (unpaired) electrons. The van der Waals surface area contributed by atoms with Crippen LogP contribution in [0.25, 0.3) is 6.08 Å². The molecule has 0 saturated heterocycles. The van der Waals surface area contributed by atoms with Gasteiger partial charge in [-0.25, -0.2) is 4.39 Å². The first-order chi connectivity index (χ1) is 10.1. The highest BCUT2D eigenvalue weighted by atomic mass is 32.2. The van der Waals surface area contributed by atoms with Gasteiger partial charge in [-0.3, -0.25) is 4.79 Å². The van der Waals surface area contributed by atoms with Gasteiger partial charge < -0.3 is 10.1 Å². The van der Waals surface area contributed by atoms with Crippen LogP contribution in [0, 0.1) is 5.82 Å². The van der Waals surface area contributed by atoms with Crippen molar-refractivity contribution >= 4 is 23.6 Å². The lowest BCUT2D eigenvalue weighted by Crippen LogP contribution is -2.28. The third-order valence-electron chi connectivity index (χ3n) is 2.77. The van der Waals surface area contributed by atoms with Crippen LogP contribution in [0.5, 0.6) is 5.75 Å². The Morgan fingerprint density at radius 1 is 1.52 bits per heavy atom. The lowest BCUT2D eigenvalue weighted by atomic mass is 10.1. The van der Waals surface area contributed by atoms with E-state index in [-0.39, 0.29) is 17.6 Å². The maximum absolute atomic E-state index is 13.7. The topological polar surface area (TPSA) is 38.3 Å². The first kappa shape index (κ1) is 17.7. The first-order valence-corrected chi connectivity index (χ1v) is 8.33. The van der Waals surface area contributed by atoms with Gasteiger partial charge in [0.2, 0.25) is 0 Å². The molecule has 21 heavy (non-hydrogen) atoms. The Labute approximate surface area is 130 Å². The zero-order valence-corrected chi connectivity index (χ0v) is 13.5. The highest BCUT2D eigenvalue weighted by molar-refractivity contribution is 7.98. The molecule has 0 amide bonds. The first-order valence-electron chi connectivity index (χ1n) is 6.93. The van der Waals surface area contributed by atoms with Crippen LogP contribution in [0.2, 0.25) is 0 Å². The lowest BCUT2D eigenvalue weighted by Gasteiger charge is -2.16. The predicted molar refractivity (Wildman–Crippen MR) is 87.2 cm³/mol. The molecule has 0 saturated carbocycles. The van der Waals surface area contributed by atoms with Gasteiger partial charge in [0.05, 0.1) is 0 Å². The van der Waals surface area contributed by atoms with Gasteiger partial charge in [0, 0.05) is 18.8 Å². The molecule has 0 aliphatic rings. The number of allylic oxidation sites excluding steroid dienone is 1. The number of hydrogen-bond donors (Lipinski definition) is 1. The molecule has 116 valence electrons.